The van der Waals surface area contributed by atoms with E-state index in [9.17, 15) is 4.79 Å². The summed E-state index contributed by atoms with van der Waals surface area (Å²) in [6.45, 7) is 4.90. The van der Waals surface area contributed by atoms with Crippen LogP contribution >= 0.6 is 0 Å². The highest BCUT2D eigenvalue weighted by molar-refractivity contribution is 6.12. The molecule has 0 bridgehead atoms. The fourth-order valence-electron chi connectivity index (χ4n) is 2.43. The minimum Gasteiger partial charge on any atom is -0.494 e. The predicted molar refractivity (Wildman–Crippen MR) is 95.8 cm³/mol. The van der Waals surface area contributed by atoms with Gasteiger partial charge in [-0.2, -0.15) is 0 Å². The first-order valence-electron chi connectivity index (χ1n) is 8.19. The van der Waals surface area contributed by atoms with Crippen molar-refractivity contribution < 1.29 is 19.0 Å². The third-order valence-corrected chi connectivity index (χ3v) is 3.53. The third-order valence-electron chi connectivity index (χ3n) is 3.53. The fourth-order valence-corrected chi connectivity index (χ4v) is 2.43. The first-order chi connectivity index (χ1) is 12.2. The van der Waals surface area contributed by atoms with Gasteiger partial charge in [-0.1, -0.05) is 18.2 Å². The van der Waals surface area contributed by atoms with Crippen LogP contribution < -0.4 is 9.47 Å². The highest BCUT2D eigenvalue weighted by Gasteiger charge is 2.24. The molecule has 1 aliphatic heterocycles. The molecule has 3 rings (SSSR count). The van der Waals surface area contributed by atoms with Gasteiger partial charge < -0.3 is 14.2 Å². The number of cyclic esters (lactones) is 1. The van der Waals surface area contributed by atoms with Crippen LogP contribution in [0.1, 0.15) is 25.0 Å². The van der Waals surface area contributed by atoms with Gasteiger partial charge >= 0.3 is 5.97 Å². The maximum atomic E-state index is 12.1. The van der Waals surface area contributed by atoms with Crippen LogP contribution in [0.15, 0.2) is 59.2 Å². The van der Waals surface area contributed by atoms with Crippen LogP contribution in [0.5, 0.6) is 11.5 Å². The summed E-state index contributed by atoms with van der Waals surface area (Å²) in [5, 5.41) is 0. The zero-order valence-electron chi connectivity index (χ0n) is 14.2. The summed E-state index contributed by atoms with van der Waals surface area (Å²) in [7, 11) is 0. The van der Waals surface area contributed by atoms with Crippen LogP contribution in [0.25, 0.3) is 6.08 Å². The van der Waals surface area contributed by atoms with Crippen LogP contribution in [0.4, 0.5) is 0 Å². The highest BCUT2D eigenvalue weighted by atomic mass is 16.6. The second-order valence-corrected chi connectivity index (χ2v) is 5.27. The zero-order valence-corrected chi connectivity index (χ0v) is 14.2. The van der Waals surface area contributed by atoms with Gasteiger partial charge in [0, 0.05) is 17.2 Å². The van der Waals surface area contributed by atoms with Gasteiger partial charge in [-0.25, -0.2) is 9.79 Å². The summed E-state index contributed by atoms with van der Waals surface area (Å²) < 4.78 is 16.4. The molecule has 0 unspecified atom stereocenters. The van der Waals surface area contributed by atoms with Gasteiger partial charge in [-0.3, -0.25) is 0 Å². The molecule has 5 nitrogen and oxygen atoms in total. The smallest absolute Gasteiger partial charge is 0.363 e. The summed E-state index contributed by atoms with van der Waals surface area (Å²) in [5.74, 6) is 1.18. The van der Waals surface area contributed by atoms with Gasteiger partial charge in [0.2, 0.25) is 5.90 Å². The summed E-state index contributed by atoms with van der Waals surface area (Å²) in [6, 6.07) is 14.8. The van der Waals surface area contributed by atoms with Crippen molar-refractivity contribution in [3.63, 3.8) is 0 Å². The standard InChI is InChI=1S/C20H19NO4/c1-3-23-16-11-10-15(18(13-16)24-4-2)12-17-20(22)25-19(21-17)14-8-6-5-7-9-14/h5-13H,3-4H2,1-2H3/b17-12-. The lowest BCUT2D eigenvalue weighted by Crippen LogP contribution is -2.05. The Morgan fingerprint density at radius 1 is 1.04 bits per heavy atom. The Hall–Kier alpha value is -3.08. The average molecular weight is 337 g/mol. The maximum absolute atomic E-state index is 12.1. The van der Waals surface area contributed by atoms with Gasteiger partial charge in [0.25, 0.3) is 0 Å². The van der Waals surface area contributed by atoms with Crippen LogP contribution in [-0.2, 0) is 9.53 Å². The lowest BCUT2D eigenvalue weighted by atomic mass is 10.1. The molecule has 2 aromatic rings. The highest BCUT2D eigenvalue weighted by Crippen LogP contribution is 2.29. The van der Waals surface area contributed by atoms with E-state index in [4.69, 9.17) is 14.2 Å². The molecule has 5 heteroatoms. The topological polar surface area (TPSA) is 57.1 Å². The molecule has 1 aliphatic rings. The minimum atomic E-state index is -0.477. The molecular weight excluding hydrogens is 318 g/mol. The normalized spacial score (nSPS) is 15.0. The molecule has 0 aromatic heterocycles. The van der Waals surface area contributed by atoms with Gasteiger partial charge in [-0.05, 0) is 44.2 Å². The summed E-state index contributed by atoms with van der Waals surface area (Å²) >= 11 is 0. The van der Waals surface area contributed by atoms with Crippen molar-refractivity contribution in [1.82, 2.24) is 0 Å². The summed E-state index contributed by atoms with van der Waals surface area (Å²) in [4.78, 5) is 16.4. The van der Waals surface area contributed by atoms with E-state index in [0.29, 0.717) is 24.9 Å². The SMILES string of the molecule is CCOc1ccc(/C=C2\N=C(c3ccccc3)OC2=O)c(OCC)c1. The lowest BCUT2D eigenvalue weighted by molar-refractivity contribution is -0.129. The number of esters is 1. The molecule has 1 heterocycles. The summed E-state index contributed by atoms with van der Waals surface area (Å²) in [5.41, 5.74) is 1.75. The van der Waals surface area contributed by atoms with Crippen molar-refractivity contribution >= 4 is 17.9 Å². The van der Waals surface area contributed by atoms with Crippen LogP contribution in [0.2, 0.25) is 0 Å². The van der Waals surface area contributed by atoms with E-state index in [1.165, 1.54) is 0 Å². The number of aliphatic imine (C=N–C) groups is 1. The van der Waals surface area contributed by atoms with Crippen LogP contribution in [0.3, 0.4) is 0 Å². The number of hydrogen-bond acceptors (Lipinski definition) is 5. The molecule has 128 valence electrons. The number of carbonyl (C=O) groups is 1. The Morgan fingerprint density at radius 3 is 2.52 bits per heavy atom. The van der Waals surface area contributed by atoms with E-state index in [2.05, 4.69) is 4.99 Å². The van der Waals surface area contributed by atoms with E-state index < -0.39 is 5.97 Å². The molecule has 0 saturated carbocycles. The first kappa shape index (κ1) is 16.8. The van der Waals surface area contributed by atoms with E-state index in [0.717, 1.165) is 16.9 Å². The number of ether oxygens (including phenoxy) is 3. The lowest BCUT2D eigenvalue weighted by Gasteiger charge is -2.10. The number of benzene rings is 2. The second-order valence-electron chi connectivity index (χ2n) is 5.27. The minimum absolute atomic E-state index is 0.240. The average Bonchev–Trinajstić information content (AvgIpc) is 2.99. The molecule has 0 fully saturated rings. The Morgan fingerprint density at radius 2 is 1.80 bits per heavy atom. The molecule has 25 heavy (non-hydrogen) atoms. The van der Waals surface area contributed by atoms with Gasteiger partial charge in [-0.15, -0.1) is 0 Å². The third kappa shape index (κ3) is 3.88. The monoisotopic (exact) mass is 337 g/mol. The molecular formula is C20H19NO4. The Balaban J connectivity index is 1.94. The largest absolute Gasteiger partial charge is 0.494 e. The quantitative estimate of drug-likeness (QED) is 0.594. The predicted octanol–water partition coefficient (Wildman–Crippen LogP) is 3.83. The number of hydrogen-bond donors (Lipinski definition) is 0. The molecule has 0 spiro atoms. The molecule has 0 N–H and O–H groups in total. The summed E-state index contributed by atoms with van der Waals surface area (Å²) in [6.07, 6.45) is 1.67. The molecule has 0 radical (unpaired) electrons. The molecule has 0 atom stereocenters. The van der Waals surface area contributed by atoms with Crippen molar-refractivity contribution in [2.45, 2.75) is 13.8 Å². The van der Waals surface area contributed by atoms with Crippen molar-refractivity contribution in [3.8, 4) is 11.5 Å². The fraction of sp³-hybridized carbons (Fsp3) is 0.200. The number of rotatable bonds is 6. The van der Waals surface area contributed by atoms with Crippen molar-refractivity contribution in [2.24, 2.45) is 4.99 Å². The Kier molecular flexibility index (Phi) is 5.14. The molecule has 0 amide bonds. The van der Waals surface area contributed by atoms with Gasteiger partial charge in [0.1, 0.15) is 11.5 Å². The van der Waals surface area contributed by atoms with Gasteiger partial charge in [0.05, 0.1) is 13.2 Å². The van der Waals surface area contributed by atoms with E-state index in [-0.39, 0.29) is 5.70 Å². The van der Waals surface area contributed by atoms with Crippen molar-refractivity contribution in [3.05, 3.63) is 65.4 Å². The maximum Gasteiger partial charge on any atom is 0.363 e. The van der Waals surface area contributed by atoms with Crippen LogP contribution in [0, 0.1) is 0 Å². The van der Waals surface area contributed by atoms with E-state index in [1.807, 2.05) is 62.4 Å². The number of carbonyl (C=O) groups excluding carboxylic acids is 1. The molecule has 2 aromatic carbocycles. The van der Waals surface area contributed by atoms with Crippen LogP contribution in [-0.4, -0.2) is 25.1 Å². The van der Waals surface area contributed by atoms with E-state index >= 15 is 0 Å². The van der Waals surface area contributed by atoms with Gasteiger partial charge in [0.15, 0.2) is 5.70 Å². The van der Waals surface area contributed by atoms with Crippen molar-refractivity contribution in [1.29, 1.82) is 0 Å². The zero-order chi connectivity index (χ0) is 17.6. The molecule has 0 aliphatic carbocycles. The second kappa shape index (κ2) is 7.66. The Labute approximate surface area is 146 Å². The van der Waals surface area contributed by atoms with Crippen molar-refractivity contribution in [2.75, 3.05) is 13.2 Å². The first-order valence-corrected chi connectivity index (χ1v) is 8.19. The van der Waals surface area contributed by atoms with E-state index in [1.54, 1.807) is 6.08 Å². The molecule has 0 saturated heterocycles. The Bertz CT molecular complexity index is 825. The number of nitrogens with zero attached hydrogens (tertiary/aromatic N) is 1.